The van der Waals surface area contributed by atoms with E-state index < -0.39 is 17.9 Å². The van der Waals surface area contributed by atoms with Crippen LogP contribution in [0.4, 0.5) is 4.39 Å². The van der Waals surface area contributed by atoms with E-state index in [0.29, 0.717) is 22.0 Å². The molecule has 0 amide bonds. The van der Waals surface area contributed by atoms with E-state index in [1.165, 1.54) is 12.1 Å². The zero-order chi connectivity index (χ0) is 28.8. The molecule has 0 saturated carbocycles. The van der Waals surface area contributed by atoms with Crippen molar-refractivity contribution in [1.29, 1.82) is 0 Å². The molecule has 0 saturated heterocycles. The minimum atomic E-state index is -0.968. The topological polar surface area (TPSA) is 102 Å². The highest BCUT2D eigenvalue weighted by molar-refractivity contribution is 6.30. The lowest BCUT2D eigenvalue weighted by atomic mass is 9.98. The van der Waals surface area contributed by atoms with E-state index in [-0.39, 0.29) is 12.2 Å². The first-order valence-electron chi connectivity index (χ1n) is 12.3. The summed E-state index contributed by atoms with van der Waals surface area (Å²) in [5.41, 5.74) is 3.42. The van der Waals surface area contributed by atoms with Gasteiger partial charge < -0.3 is 14.9 Å². The van der Waals surface area contributed by atoms with Gasteiger partial charge in [-0.05, 0) is 77.4 Å². The van der Waals surface area contributed by atoms with Crippen molar-refractivity contribution in [3.05, 3.63) is 113 Å². The second-order valence-corrected chi connectivity index (χ2v) is 9.46. The molecule has 0 unspecified atom stereocenters. The molecule has 2 N–H and O–H groups in total. The number of aromatic nitrogens is 2. The average molecular weight is 561 g/mol. The first kappa shape index (κ1) is 28.3. The van der Waals surface area contributed by atoms with Gasteiger partial charge >= 0.3 is 11.9 Å². The predicted octanol–water partition coefficient (Wildman–Crippen LogP) is 7.00. The average Bonchev–Trinajstić information content (AvgIpc) is 3.36. The second kappa shape index (κ2) is 12.4. The summed E-state index contributed by atoms with van der Waals surface area (Å²) in [6, 6.07) is 24.3. The maximum absolute atomic E-state index is 13.0. The summed E-state index contributed by atoms with van der Waals surface area (Å²) < 4.78 is 19.7. The van der Waals surface area contributed by atoms with Gasteiger partial charge in [-0.15, -0.1) is 0 Å². The number of hydrogen-bond donors (Lipinski definition) is 2. The van der Waals surface area contributed by atoms with Crippen LogP contribution in [0.3, 0.4) is 0 Å². The number of aliphatic carboxylic acids is 2. The molecule has 0 aliphatic carbocycles. The predicted molar refractivity (Wildman–Crippen MR) is 152 cm³/mol. The molecule has 0 bridgehead atoms. The molecule has 5 rings (SSSR count). The molecule has 1 aromatic heterocycles. The number of nitrogens with zero attached hydrogens (tertiary/aromatic N) is 2. The SMILES string of the molecule is COc1ccc2cc([C@H](C)C(=O)O)ccc2c1.O=C(O)Cc1nn(-c2ccc(F)cc2)cc1-c1ccc(Cl)cc1. The molecule has 1 heterocycles. The number of halogens is 2. The number of methoxy groups -OCH3 is 1. The third-order valence-electron chi connectivity index (χ3n) is 6.30. The van der Waals surface area contributed by atoms with E-state index in [2.05, 4.69) is 5.10 Å². The molecule has 0 aliphatic heterocycles. The monoisotopic (exact) mass is 560 g/mol. The van der Waals surface area contributed by atoms with Crippen LogP contribution < -0.4 is 4.74 Å². The normalized spacial score (nSPS) is 11.4. The molecule has 7 nitrogen and oxygen atoms in total. The Morgan fingerprint density at radius 1 is 0.950 bits per heavy atom. The summed E-state index contributed by atoms with van der Waals surface area (Å²) >= 11 is 5.89. The quantitative estimate of drug-likeness (QED) is 0.222. The summed E-state index contributed by atoms with van der Waals surface area (Å²) in [6.07, 6.45) is 1.53. The molecule has 40 heavy (non-hydrogen) atoms. The molecule has 204 valence electrons. The number of carbonyl (C=O) groups is 2. The first-order valence-corrected chi connectivity index (χ1v) is 12.6. The Balaban J connectivity index is 0.000000194. The fourth-order valence-electron chi connectivity index (χ4n) is 4.06. The van der Waals surface area contributed by atoms with E-state index in [1.807, 2.05) is 36.4 Å². The van der Waals surface area contributed by atoms with Crippen molar-refractivity contribution in [2.24, 2.45) is 0 Å². The lowest BCUT2D eigenvalue weighted by Gasteiger charge is -2.08. The van der Waals surface area contributed by atoms with Gasteiger partial charge in [0.25, 0.3) is 0 Å². The molecule has 5 aromatic rings. The number of benzene rings is 4. The van der Waals surface area contributed by atoms with Crippen molar-refractivity contribution >= 4 is 34.3 Å². The standard InChI is InChI=1S/C17H12ClFN2O2.C14H14O3/c18-12-3-1-11(2-4-12)15-10-21(20-16(15)9-17(22)23)14-7-5-13(19)6-8-14;1-9(14(15)16)10-3-4-12-8-13(17-2)6-5-11(12)7-10/h1-8,10H,9H2,(H,22,23);3-9H,1-2H3,(H,15,16)/t;9-/m.0/s1. The van der Waals surface area contributed by atoms with Gasteiger partial charge in [-0.3, -0.25) is 9.59 Å². The summed E-state index contributed by atoms with van der Waals surface area (Å²) in [5.74, 6) is -1.80. The number of rotatable bonds is 7. The lowest BCUT2D eigenvalue weighted by Crippen LogP contribution is -2.06. The van der Waals surface area contributed by atoms with Gasteiger partial charge in [-0.2, -0.15) is 5.10 Å². The highest BCUT2D eigenvalue weighted by Crippen LogP contribution is 2.27. The Kier molecular flexibility index (Phi) is 8.81. The van der Waals surface area contributed by atoms with Crippen molar-refractivity contribution in [1.82, 2.24) is 9.78 Å². The minimum absolute atomic E-state index is 0.202. The summed E-state index contributed by atoms with van der Waals surface area (Å²) in [4.78, 5) is 22.0. The van der Waals surface area contributed by atoms with Gasteiger partial charge in [-0.25, -0.2) is 9.07 Å². The van der Waals surface area contributed by atoms with Crippen LogP contribution in [0, 0.1) is 5.82 Å². The van der Waals surface area contributed by atoms with Crippen molar-refractivity contribution in [2.45, 2.75) is 19.3 Å². The smallest absolute Gasteiger partial charge is 0.310 e. The molecule has 0 fully saturated rings. The van der Waals surface area contributed by atoms with E-state index in [9.17, 15) is 14.0 Å². The molecule has 4 aromatic carbocycles. The number of carboxylic acids is 2. The van der Waals surface area contributed by atoms with Crippen molar-refractivity contribution < 1.29 is 28.9 Å². The van der Waals surface area contributed by atoms with E-state index in [1.54, 1.807) is 61.3 Å². The Hall–Kier alpha value is -4.69. The zero-order valence-corrected chi connectivity index (χ0v) is 22.5. The third-order valence-corrected chi connectivity index (χ3v) is 6.55. The number of fused-ring (bicyclic) bond motifs is 1. The molecule has 9 heteroatoms. The van der Waals surface area contributed by atoms with E-state index in [4.69, 9.17) is 26.6 Å². The Morgan fingerprint density at radius 3 is 2.23 bits per heavy atom. The largest absolute Gasteiger partial charge is 0.497 e. The van der Waals surface area contributed by atoms with Gasteiger partial charge in [0, 0.05) is 16.8 Å². The zero-order valence-electron chi connectivity index (χ0n) is 21.7. The van der Waals surface area contributed by atoms with Crippen LogP contribution in [0.5, 0.6) is 5.75 Å². The third kappa shape index (κ3) is 6.84. The van der Waals surface area contributed by atoms with Crippen LogP contribution in [-0.2, 0) is 16.0 Å². The highest BCUT2D eigenvalue weighted by Gasteiger charge is 2.15. The maximum atomic E-state index is 13.0. The molecule has 0 radical (unpaired) electrons. The summed E-state index contributed by atoms with van der Waals surface area (Å²) in [6.45, 7) is 1.69. The highest BCUT2D eigenvalue weighted by atomic mass is 35.5. The van der Waals surface area contributed by atoms with Gasteiger partial charge in [0.2, 0.25) is 0 Å². The van der Waals surface area contributed by atoms with Crippen LogP contribution >= 0.6 is 11.6 Å². The van der Waals surface area contributed by atoms with Crippen LogP contribution in [-0.4, -0.2) is 39.0 Å². The van der Waals surface area contributed by atoms with Gasteiger partial charge in [0.1, 0.15) is 11.6 Å². The molecular weight excluding hydrogens is 535 g/mol. The molecular formula is C31H26ClFN2O5. The van der Waals surface area contributed by atoms with Gasteiger partial charge in [-0.1, -0.05) is 48.0 Å². The fourth-order valence-corrected chi connectivity index (χ4v) is 4.19. The number of carboxylic acid groups (broad SMARTS) is 2. The minimum Gasteiger partial charge on any atom is -0.497 e. The van der Waals surface area contributed by atoms with Crippen LogP contribution in [0.2, 0.25) is 5.02 Å². The van der Waals surface area contributed by atoms with Crippen LogP contribution in [0.15, 0.2) is 91.1 Å². The van der Waals surface area contributed by atoms with Crippen molar-refractivity contribution in [3.63, 3.8) is 0 Å². The van der Waals surface area contributed by atoms with Gasteiger partial charge in [0.15, 0.2) is 0 Å². The van der Waals surface area contributed by atoms with Gasteiger partial charge in [0.05, 0.1) is 30.8 Å². The van der Waals surface area contributed by atoms with E-state index >= 15 is 0 Å². The van der Waals surface area contributed by atoms with Crippen LogP contribution in [0.25, 0.3) is 27.6 Å². The number of ether oxygens (including phenoxy) is 1. The molecule has 0 aliphatic rings. The Labute approximate surface area is 235 Å². The first-order chi connectivity index (χ1) is 19.1. The Bertz CT molecular complexity index is 1650. The summed E-state index contributed by atoms with van der Waals surface area (Å²) in [5, 5.41) is 25.0. The molecule has 1 atom stereocenters. The maximum Gasteiger partial charge on any atom is 0.310 e. The molecule has 0 spiro atoms. The van der Waals surface area contributed by atoms with E-state index in [0.717, 1.165) is 27.6 Å². The lowest BCUT2D eigenvalue weighted by molar-refractivity contribution is -0.138. The number of hydrogen-bond acceptors (Lipinski definition) is 4. The second-order valence-electron chi connectivity index (χ2n) is 9.02. The van der Waals surface area contributed by atoms with Crippen molar-refractivity contribution in [2.75, 3.05) is 7.11 Å². The van der Waals surface area contributed by atoms with Crippen LogP contribution in [0.1, 0.15) is 24.1 Å². The van der Waals surface area contributed by atoms with Crippen molar-refractivity contribution in [3.8, 4) is 22.6 Å². The Morgan fingerprint density at radius 2 is 1.60 bits per heavy atom. The fraction of sp³-hybridized carbons (Fsp3) is 0.129. The summed E-state index contributed by atoms with van der Waals surface area (Å²) in [7, 11) is 1.63.